The van der Waals surface area contributed by atoms with Gasteiger partial charge < -0.3 is 5.32 Å². The van der Waals surface area contributed by atoms with Crippen molar-refractivity contribution in [3.8, 4) is 0 Å². The van der Waals surface area contributed by atoms with Crippen molar-refractivity contribution in [2.24, 2.45) is 0 Å². The van der Waals surface area contributed by atoms with Crippen LogP contribution in [0.4, 0.5) is 5.82 Å². The van der Waals surface area contributed by atoms with E-state index in [-0.39, 0.29) is 0 Å². The van der Waals surface area contributed by atoms with Crippen LogP contribution in [0.25, 0.3) is 10.2 Å². The Hall–Kier alpha value is -1.98. The van der Waals surface area contributed by atoms with E-state index in [0.29, 0.717) is 0 Å². The molecule has 1 aliphatic rings. The number of nitrogens with zero attached hydrogens (tertiary/aromatic N) is 3. The second kappa shape index (κ2) is 6.64. The molecule has 2 aromatic heterocycles. The van der Waals surface area contributed by atoms with Gasteiger partial charge in [0.2, 0.25) is 0 Å². The molecule has 0 amide bonds. The first-order valence-electron chi connectivity index (χ1n) is 8.11. The zero-order valence-electron chi connectivity index (χ0n) is 13.0. The molecule has 0 unspecified atom stereocenters. The fourth-order valence-electron chi connectivity index (χ4n) is 3.14. The molecule has 0 atom stereocenters. The van der Waals surface area contributed by atoms with Gasteiger partial charge in [0.25, 0.3) is 0 Å². The summed E-state index contributed by atoms with van der Waals surface area (Å²) in [6.07, 6.45) is 4.30. The molecular weight excluding hydrogens is 304 g/mol. The van der Waals surface area contributed by atoms with E-state index in [9.17, 15) is 0 Å². The highest BCUT2D eigenvalue weighted by Gasteiger charge is 2.11. The van der Waals surface area contributed by atoms with Gasteiger partial charge in [-0.25, -0.2) is 9.97 Å². The van der Waals surface area contributed by atoms with E-state index in [1.54, 1.807) is 17.7 Å². The van der Waals surface area contributed by atoms with Gasteiger partial charge in [0, 0.05) is 13.1 Å². The maximum absolute atomic E-state index is 4.38. The number of thiophene rings is 1. The van der Waals surface area contributed by atoms with E-state index in [2.05, 4.69) is 49.8 Å². The second-order valence-corrected chi connectivity index (χ2v) is 6.93. The van der Waals surface area contributed by atoms with Crippen molar-refractivity contribution in [3.05, 3.63) is 53.2 Å². The lowest BCUT2D eigenvalue weighted by Gasteiger charge is -2.15. The van der Waals surface area contributed by atoms with Crippen LogP contribution in [0.1, 0.15) is 24.0 Å². The molecule has 0 bridgehead atoms. The maximum Gasteiger partial charge on any atom is 0.147 e. The van der Waals surface area contributed by atoms with Crippen molar-refractivity contribution < 1.29 is 0 Å². The van der Waals surface area contributed by atoms with E-state index >= 15 is 0 Å². The smallest absolute Gasteiger partial charge is 0.147 e. The lowest BCUT2D eigenvalue weighted by Crippen LogP contribution is -2.18. The number of rotatable bonds is 5. The van der Waals surface area contributed by atoms with Gasteiger partial charge in [-0.3, -0.25) is 4.90 Å². The first kappa shape index (κ1) is 14.6. The van der Waals surface area contributed by atoms with Crippen LogP contribution in [-0.2, 0) is 13.1 Å². The predicted octanol–water partition coefficient (Wildman–Crippen LogP) is 3.90. The summed E-state index contributed by atoms with van der Waals surface area (Å²) in [5.74, 6) is 0.926. The summed E-state index contributed by atoms with van der Waals surface area (Å²) in [5, 5.41) is 5.51. The summed E-state index contributed by atoms with van der Waals surface area (Å²) in [6, 6.07) is 10.9. The van der Waals surface area contributed by atoms with Gasteiger partial charge in [0.15, 0.2) is 0 Å². The summed E-state index contributed by atoms with van der Waals surface area (Å²) in [7, 11) is 0. The molecule has 0 aliphatic carbocycles. The van der Waals surface area contributed by atoms with Crippen LogP contribution >= 0.6 is 11.3 Å². The second-order valence-electron chi connectivity index (χ2n) is 6.01. The topological polar surface area (TPSA) is 41.1 Å². The highest BCUT2D eigenvalue weighted by Crippen LogP contribution is 2.25. The van der Waals surface area contributed by atoms with Crippen LogP contribution in [0, 0.1) is 0 Å². The lowest BCUT2D eigenvalue weighted by atomic mass is 10.1. The van der Waals surface area contributed by atoms with Crippen molar-refractivity contribution in [1.29, 1.82) is 0 Å². The largest absolute Gasteiger partial charge is 0.365 e. The number of fused-ring (bicyclic) bond motifs is 1. The minimum atomic E-state index is 0.790. The molecule has 3 aromatic rings. The highest BCUT2D eigenvalue weighted by atomic mass is 32.1. The van der Waals surface area contributed by atoms with E-state index in [0.717, 1.165) is 29.1 Å². The van der Waals surface area contributed by atoms with Crippen LogP contribution in [0.2, 0.25) is 0 Å². The number of anilines is 1. The Morgan fingerprint density at radius 2 is 1.96 bits per heavy atom. The lowest BCUT2D eigenvalue weighted by molar-refractivity contribution is 0.331. The normalized spacial score (nSPS) is 15.3. The van der Waals surface area contributed by atoms with Crippen LogP contribution in [0.3, 0.4) is 0 Å². The molecule has 4 rings (SSSR count). The predicted molar refractivity (Wildman–Crippen MR) is 95.7 cm³/mol. The van der Waals surface area contributed by atoms with E-state index in [1.807, 2.05) is 6.07 Å². The Labute approximate surface area is 140 Å². The van der Waals surface area contributed by atoms with E-state index < -0.39 is 0 Å². The van der Waals surface area contributed by atoms with Gasteiger partial charge in [-0.2, -0.15) is 0 Å². The molecule has 1 fully saturated rings. The first-order valence-corrected chi connectivity index (χ1v) is 8.99. The Balaban J connectivity index is 1.45. The van der Waals surface area contributed by atoms with Crippen molar-refractivity contribution >= 4 is 27.4 Å². The van der Waals surface area contributed by atoms with Crippen LogP contribution < -0.4 is 5.32 Å². The Morgan fingerprint density at radius 3 is 2.87 bits per heavy atom. The van der Waals surface area contributed by atoms with Gasteiger partial charge in [-0.05, 0) is 48.5 Å². The summed E-state index contributed by atoms with van der Waals surface area (Å²) < 4.78 is 1.13. The number of likely N-dealkylation sites (tertiary alicyclic amines) is 1. The third kappa shape index (κ3) is 3.35. The Bertz CT molecular complexity index is 792. The molecule has 1 aliphatic heterocycles. The fourth-order valence-corrected chi connectivity index (χ4v) is 3.95. The van der Waals surface area contributed by atoms with Crippen LogP contribution in [-0.4, -0.2) is 28.0 Å². The molecule has 1 N–H and O–H groups in total. The summed E-state index contributed by atoms with van der Waals surface area (Å²) >= 11 is 1.68. The number of hydrogen-bond acceptors (Lipinski definition) is 5. The number of benzene rings is 1. The number of aromatic nitrogens is 2. The fraction of sp³-hybridized carbons (Fsp3) is 0.333. The molecule has 3 heterocycles. The molecular formula is C18H20N4S. The minimum absolute atomic E-state index is 0.790. The zero-order valence-corrected chi connectivity index (χ0v) is 13.9. The van der Waals surface area contributed by atoms with Crippen LogP contribution in [0.5, 0.6) is 0 Å². The molecule has 23 heavy (non-hydrogen) atoms. The maximum atomic E-state index is 4.38. The molecule has 0 saturated carbocycles. The van der Waals surface area contributed by atoms with Gasteiger partial charge in [-0.1, -0.05) is 24.3 Å². The number of nitrogens with one attached hydrogen (secondary N) is 1. The van der Waals surface area contributed by atoms with Gasteiger partial charge in [0.05, 0.1) is 10.2 Å². The van der Waals surface area contributed by atoms with E-state index in [4.69, 9.17) is 0 Å². The molecule has 4 nitrogen and oxygen atoms in total. The quantitative estimate of drug-likeness (QED) is 0.773. The van der Waals surface area contributed by atoms with Gasteiger partial charge in [0.1, 0.15) is 12.1 Å². The van der Waals surface area contributed by atoms with E-state index in [1.165, 1.54) is 37.1 Å². The highest BCUT2D eigenvalue weighted by molar-refractivity contribution is 7.17. The molecule has 118 valence electrons. The monoisotopic (exact) mass is 324 g/mol. The summed E-state index contributed by atoms with van der Waals surface area (Å²) in [5.41, 5.74) is 3.70. The average molecular weight is 324 g/mol. The molecule has 1 saturated heterocycles. The van der Waals surface area contributed by atoms with Gasteiger partial charge >= 0.3 is 0 Å². The molecule has 1 aromatic carbocycles. The zero-order chi connectivity index (χ0) is 15.5. The third-order valence-electron chi connectivity index (χ3n) is 4.30. The molecule has 5 heteroatoms. The van der Waals surface area contributed by atoms with Crippen molar-refractivity contribution in [2.45, 2.75) is 25.9 Å². The third-order valence-corrected chi connectivity index (χ3v) is 5.21. The number of hydrogen-bond donors (Lipinski definition) is 1. The minimum Gasteiger partial charge on any atom is -0.365 e. The van der Waals surface area contributed by atoms with Crippen molar-refractivity contribution in [2.75, 3.05) is 18.4 Å². The van der Waals surface area contributed by atoms with Crippen molar-refractivity contribution in [3.63, 3.8) is 0 Å². The molecule has 0 spiro atoms. The molecule has 0 radical (unpaired) electrons. The summed E-state index contributed by atoms with van der Waals surface area (Å²) in [6.45, 7) is 4.33. The Kier molecular flexibility index (Phi) is 4.22. The van der Waals surface area contributed by atoms with Gasteiger partial charge in [-0.15, -0.1) is 11.3 Å². The van der Waals surface area contributed by atoms with Crippen LogP contribution in [0.15, 0.2) is 42.0 Å². The average Bonchev–Trinajstić information content (AvgIpc) is 3.24. The standard InChI is InChI=1S/C18H20N4S/c1-2-8-22(7-1)12-15-5-3-4-14(10-15)11-19-18-17-16(6-9-23-17)20-13-21-18/h3-6,9-10,13H,1-2,7-8,11-12H2,(H,19,20,21). The summed E-state index contributed by atoms with van der Waals surface area (Å²) in [4.78, 5) is 11.2. The first-order chi connectivity index (χ1) is 11.4. The Morgan fingerprint density at radius 1 is 1.09 bits per heavy atom. The SMILES string of the molecule is c1cc(CNc2ncnc3ccsc23)cc(CN2CCCC2)c1. The van der Waals surface area contributed by atoms with Crippen molar-refractivity contribution in [1.82, 2.24) is 14.9 Å².